The third kappa shape index (κ3) is 3.76. The van der Waals surface area contributed by atoms with Gasteiger partial charge in [0.2, 0.25) is 0 Å². The summed E-state index contributed by atoms with van der Waals surface area (Å²) in [5.74, 6) is 0. The number of hydrogen-bond acceptors (Lipinski definition) is 1. The maximum absolute atomic E-state index is 3.44. The smallest absolute Gasteiger partial charge is 0.0384 e. The summed E-state index contributed by atoms with van der Waals surface area (Å²) >= 11 is 0. The highest BCUT2D eigenvalue weighted by molar-refractivity contribution is 5.91. The molecule has 1 heteroatoms. The fourth-order valence-electron chi connectivity index (χ4n) is 3.67. The van der Waals surface area contributed by atoms with Gasteiger partial charge in [-0.05, 0) is 69.4 Å². The van der Waals surface area contributed by atoms with E-state index >= 15 is 0 Å². The van der Waals surface area contributed by atoms with Crippen molar-refractivity contribution in [2.24, 2.45) is 0 Å². The number of nitrogens with one attached hydrogen (secondary N) is 1. The van der Waals surface area contributed by atoms with Gasteiger partial charge in [0.1, 0.15) is 0 Å². The minimum atomic E-state index is 1.09. The van der Waals surface area contributed by atoms with E-state index in [0.29, 0.717) is 0 Å². The molecule has 0 unspecified atom stereocenters. The second-order valence-corrected chi connectivity index (χ2v) is 7.21. The highest BCUT2D eigenvalue weighted by Gasteiger charge is 2.03. The predicted octanol–water partition coefficient (Wildman–Crippen LogP) is 7.92. The van der Waals surface area contributed by atoms with Crippen molar-refractivity contribution in [3.05, 3.63) is 121 Å². The lowest BCUT2D eigenvalue weighted by atomic mass is 9.97. The summed E-state index contributed by atoms with van der Waals surface area (Å²) in [5, 5.41) is 5.96. The van der Waals surface area contributed by atoms with Gasteiger partial charge in [-0.15, -0.1) is 0 Å². The molecule has 0 fully saturated rings. The van der Waals surface area contributed by atoms with Crippen molar-refractivity contribution in [2.45, 2.75) is 0 Å². The Morgan fingerprint density at radius 2 is 0.828 bits per heavy atom. The third-order valence-electron chi connectivity index (χ3n) is 5.23. The molecule has 0 aliphatic heterocycles. The first-order chi connectivity index (χ1) is 14.3. The molecule has 0 heterocycles. The van der Waals surface area contributed by atoms with Crippen LogP contribution in [0.5, 0.6) is 0 Å². The van der Waals surface area contributed by atoms with Crippen molar-refractivity contribution in [2.75, 3.05) is 5.32 Å². The summed E-state index contributed by atoms with van der Waals surface area (Å²) in [6, 6.07) is 42.7. The molecule has 0 saturated heterocycles. The maximum atomic E-state index is 3.44. The quantitative estimate of drug-likeness (QED) is 0.338. The Morgan fingerprint density at radius 1 is 0.345 bits per heavy atom. The van der Waals surface area contributed by atoms with Gasteiger partial charge in [0.05, 0.1) is 0 Å². The highest BCUT2D eigenvalue weighted by Crippen LogP contribution is 2.29. The Labute approximate surface area is 171 Å². The van der Waals surface area contributed by atoms with Crippen molar-refractivity contribution < 1.29 is 0 Å². The molecular formula is C28H21N. The molecule has 29 heavy (non-hydrogen) atoms. The standard InChI is InChI=1S/C28H21N/c1-3-7-21(8-4-1)24-13-11-23-12-14-25(20-26(23)19-24)22-15-17-28(18-16-22)29-27-9-5-2-6-10-27/h1-20,29H. The first kappa shape index (κ1) is 17.3. The molecule has 0 aliphatic rings. The first-order valence-corrected chi connectivity index (χ1v) is 9.87. The average molecular weight is 371 g/mol. The summed E-state index contributed by atoms with van der Waals surface area (Å²) < 4.78 is 0. The van der Waals surface area contributed by atoms with E-state index in [1.807, 2.05) is 18.2 Å². The van der Waals surface area contributed by atoms with Crippen molar-refractivity contribution in [3.8, 4) is 22.3 Å². The van der Waals surface area contributed by atoms with E-state index in [0.717, 1.165) is 11.4 Å². The molecule has 0 spiro atoms. The van der Waals surface area contributed by atoms with Gasteiger partial charge in [0.25, 0.3) is 0 Å². The molecule has 0 saturated carbocycles. The van der Waals surface area contributed by atoms with Crippen molar-refractivity contribution in [1.29, 1.82) is 0 Å². The van der Waals surface area contributed by atoms with Crippen LogP contribution in [0.4, 0.5) is 11.4 Å². The zero-order chi connectivity index (χ0) is 19.5. The van der Waals surface area contributed by atoms with Gasteiger partial charge in [-0.2, -0.15) is 0 Å². The van der Waals surface area contributed by atoms with Gasteiger partial charge < -0.3 is 5.32 Å². The molecule has 0 bridgehead atoms. The van der Waals surface area contributed by atoms with E-state index in [4.69, 9.17) is 0 Å². The fourth-order valence-corrected chi connectivity index (χ4v) is 3.67. The summed E-state index contributed by atoms with van der Waals surface area (Å²) in [7, 11) is 0. The van der Waals surface area contributed by atoms with Crippen molar-refractivity contribution in [3.63, 3.8) is 0 Å². The zero-order valence-corrected chi connectivity index (χ0v) is 16.0. The predicted molar refractivity (Wildman–Crippen MR) is 125 cm³/mol. The van der Waals surface area contributed by atoms with E-state index in [-0.39, 0.29) is 0 Å². The topological polar surface area (TPSA) is 12.0 Å². The van der Waals surface area contributed by atoms with Crippen LogP contribution in [0.1, 0.15) is 0 Å². The molecule has 5 rings (SSSR count). The Balaban J connectivity index is 1.45. The summed E-state index contributed by atoms with van der Waals surface area (Å²) in [6.07, 6.45) is 0. The van der Waals surface area contributed by atoms with Crippen LogP contribution in [0.15, 0.2) is 121 Å². The lowest BCUT2D eigenvalue weighted by Crippen LogP contribution is -1.89. The molecule has 0 aromatic heterocycles. The van der Waals surface area contributed by atoms with Gasteiger partial charge in [-0.1, -0.05) is 84.9 Å². The summed E-state index contributed by atoms with van der Waals surface area (Å²) in [5.41, 5.74) is 7.13. The maximum Gasteiger partial charge on any atom is 0.0384 e. The highest BCUT2D eigenvalue weighted by atomic mass is 14.9. The van der Waals surface area contributed by atoms with Gasteiger partial charge in [-0.3, -0.25) is 0 Å². The minimum absolute atomic E-state index is 1.09. The van der Waals surface area contributed by atoms with E-state index in [1.165, 1.54) is 33.0 Å². The van der Waals surface area contributed by atoms with Gasteiger partial charge in [-0.25, -0.2) is 0 Å². The molecule has 1 nitrogen and oxygen atoms in total. The fraction of sp³-hybridized carbons (Fsp3) is 0. The second kappa shape index (κ2) is 7.65. The molecule has 0 aliphatic carbocycles. The Hall–Kier alpha value is -3.84. The summed E-state index contributed by atoms with van der Waals surface area (Å²) in [4.78, 5) is 0. The van der Waals surface area contributed by atoms with Crippen LogP contribution in [0.2, 0.25) is 0 Å². The molecule has 5 aromatic carbocycles. The molecule has 0 amide bonds. The number of benzene rings is 5. The largest absolute Gasteiger partial charge is 0.356 e. The summed E-state index contributed by atoms with van der Waals surface area (Å²) in [6.45, 7) is 0. The van der Waals surface area contributed by atoms with Crippen LogP contribution in [-0.2, 0) is 0 Å². The van der Waals surface area contributed by atoms with Crippen LogP contribution in [0.25, 0.3) is 33.0 Å². The van der Waals surface area contributed by atoms with Crippen LogP contribution < -0.4 is 5.32 Å². The minimum Gasteiger partial charge on any atom is -0.356 e. The first-order valence-electron chi connectivity index (χ1n) is 9.87. The van der Waals surface area contributed by atoms with Gasteiger partial charge >= 0.3 is 0 Å². The Morgan fingerprint density at radius 3 is 1.45 bits per heavy atom. The lowest BCUT2D eigenvalue weighted by Gasteiger charge is -2.09. The Kier molecular flexibility index (Phi) is 4.56. The van der Waals surface area contributed by atoms with Crippen molar-refractivity contribution >= 4 is 22.1 Å². The van der Waals surface area contributed by atoms with Crippen LogP contribution in [0, 0.1) is 0 Å². The van der Waals surface area contributed by atoms with Crippen molar-refractivity contribution in [1.82, 2.24) is 0 Å². The molecule has 0 radical (unpaired) electrons. The molecular weight excluding hydrogens is 350 g/mol. The number of para-hydroxylation sites is 1. The average Bonchev–Trinajstić information content (AvgIpc) is 2.80. The number of hydrogen-bond donors (Lipinski definition) is 1. The van der Waals surface area contributed by atoms with E-state index < -0.39 is 0 Å². The van der Waals surface area contributed by atoms with Crippen LogP contribution in [0.3, 0.4) is 0 Å². The number of fused-ring (bicyclic) bond motifs is 1. The lowest BCUT2D eigenvalue weighted by molar-refractivity contribution is 1.54. The third-order valence-corrected chi connectivity index (χ3v) is 5.23. The monoisotopic (exact) mass is 371 g/mol. The van der Waals surface area contributed by atoms with E-state index in [2.05, 4.69) is 108 Å². The van der Waals surface area contributed by atoms with Gasteiger partial charge in [0, 0.05) is 11.4 Å². The number of rotatable bonds is 4. The Bertz CT molecular complexity index is 1240. The van der Waals surface area contributed by atoms with Gasteiger partial charge in [0.15, 0.2) is 0 Å². The molecule has 0 atom stereocenters. The molecule has 138 valence electrons. The van der Waals surface area contributed by atoms with E-state index in [1.54, 1.807) is 0 Å². The zero-order valence-electron chi connectivity index (χ0n) is 16.0. The second-order valence-electron chi connectivity index (χ2n) is 7.21. The molecule has 5 aromatic rings. The SMILES string of the molecule is c1ccc(Nc2ccc(-c3ccc4ccc(-c5ccccc5)cc4c3)cc2)cc1. The normalized spacial score (nSPS) is 10.8. The van der Waals surface area contributed by atoms with Crippen LogP contribution in [-0.4, -0.2) is 0 Å². The van der Waals surface area contributed by atoms with E-state index in [9.17, 15) is 0 Å². The number of anilines is 2. The van der Waals surface area contributed by atoms with Crippen LogP contribution >= 0.6 is 0 Å². The molecule has 1 N–H and O–H groups in total.